The second-order valence-electron chi connectivity index (χ2n) is 8.61. The number of carbonyl (C=O) groups is 2. The van der Waals surface area contributed by atoms with Gasteiger partial charge in [-0.25, -0.2) is 9.59 Å². The molecule has 3 aromatic rings. The van der Waals surface area contributed by atoms with Crippen LogP contribution >= 0.6 is 0 Å². The minimum Gasteiger partial charge on any atom is -0.463 e. The van der Waals surface area contributed by atoms with Crippen LogP contribution in [0.2, 0.25) is 0 Å². The van der Waals surface area contributed by atoms with E-state index in [2.05, 4.69) is 17.2 Å². The molecule has 0 aliphatic carbocycles. The lowest BCUT2D eigenvalue weighted by molar-refractivity contribution is -0.384. The van der Waals surface area contributed by atoms with Crippen molar-refractivity contribution in [1.82, 2.24) is 5.32 Å². The number of hydrogen-bond donors (Lipinski definition) is 1. The second kappa shape index (κ2) is 12.4. The maximum absolute atomic E-state index is 13.7. The fraction of sp³-hybridized carbons (Fsp3) is 0.161. The minimum atomic E-state index is -0.960. The predicted molar refractivity (Wildman–Crippen MR) is 146 cm³/mol. The summed E-state index contributed by atoms with van der Waals surface area (Å²) in [6, 6.07) is 24.3. The number of carbonyl (C=O) groups excluding carboxylic acids is 2. The maximum atomic E-state index is 13.7. The van der Waals surface area contributed by atoms with Gasteiger partial charge in [0.1, 0.15) is 6.61 Å². The second-order valence-corrected chi connectivity index (χ2v) is 8.61. The molecule has 0 bridgehead atoms. The van der Waals surface area contributed by atoms with E-state index in [4.69, 9.17) is 9.47 Å². The smallest absolute Gasteiger partial charge is 0.338 e. The highest BCUT2D eigenvalue weighted by Crippen LogP contribution is 2.35. The first-order valence-corrected chi connectivity index (χ1v) is 12.3. The number of allylic oxidation sites excluding steroid dienone is 1. The third kappa shape index (κ3) is 6.40. The van der Waals surface area contributed by atoms with Crippen LogP contribution in [0.25, 0.3) is 5.70 Å². The van der Waals surface area contributed by atoms with E-state index in [9.17, 15) is 19.7 Å². The van der Waals surface area contributed by atoms with E-state index in [1.54, 1.807) is 19.9 Å². The van der Waals surface area contributed by atoms with Crippen LogP contribution in [0, 0.1) is 27.9 Å². The molecule has 3 aromatic carbocycles. The standard InChI is InChI=1S/C31H26N2O6/c1-3-38-30(34)27-21(2)32-29(24-14-8-5-9-15-24)28(26(27)18-17-22-11-6-4-7-12-22)31(35)39-20-23-13-10-16-25(19-23)33(36)37/h4-16,19,26,32H,3,20H2,1-2H3/t26-/m0/s1. The lowest BCUT2D eigenvalue weighted by atomic mass is 9.84. The highest BCUT2D eigenvalue weighted by atomic mass is 16.6. The number of nitrogens with zero attached hydrogens (tertiary/aromatic N) is 1. The zero-order valence-electron chi connectivity index (χ0n) is 21.5. The number of benzene rings is 3. The summed E-state index contributed by atoms with van der Waals surface area (Å²) in [6.07, 6.45) is 0. The minimum absolute atomic E-state index is 0.109. The summed E-state index contributed by atoms with van der Waals surface area (Å²) < 4.78 is 11.0. The summed E-state index contributed by atoms with van der Waals surface area (Å²) in [5, 5.41) is 14.4. The first-order chi connectivity index (χ1) is 18.9. The van der Waals surface area contributed by atoms with Crippen LogP contribution in [0.3, 0.4) is 0 Å². The Morgan fingerprint density at radius 2 is 1.59 bits per heavy atom. The Balaban J connectivity index is 1.80. The number of nitro benzene ring substituents is 1. The molecule has 0 radical (unpaired) electrons. The largest absolute Gasteiger partial charge is 0.463 e. The fourth-order valence-corrected chi connectivity index (χ4v) is 4.17. The first kappa shape index (κ1) is 26.9. The van der Waals surface area contributed by atoms with Crippen molar-refractivity contribution in [2.45, 2.75) is 20.5 Å². The van der Waals surface area contributed by atoms with Crippen LogP contribution in [-0.2, 0) is 25.7 Å². The molecule has 0 unspecified atom stereocenters. The Kier molecular flexibility index (Phi) is 8.54. The van der Waals surface area contributed by atoms with Gasteiger partial charge in [0.05, 0.1) is 34.3 Å². The summed E-state index contributed by atoms with van der Waals surface area (Å²) in [5.41, 5.74) is 3.07. The van der Waals surface area contributed by atoms with E-state index >= 15 is 0 Å². The number of nitrogens with one attached hydrogen (secondary N) is 1. The van der Waals surface area contributed by atoms with Gasteiger partial charge in [-0.1, -0.05) is 72.5 Å². The Bertz CT molecular complexity index is 1510. The van der Waals surface area contributed by atoms with Gasteiger partial charge in [-0.15, -0.1) is 0 Å². The van der Waals surface area contributed by atoms with Crippen molar-refractivity contribution in [2.24, 2.45) is 5.92 Å². The van der Waals surface area contributed by atoms with E-state index in [-0.39, 0.29) is 30.0 Å². The fourth-order valence-electron chi connectivity index (χ4n) is 4.17. The van der Waals surface area contributed by atoms with Crippen molar-refractivity contribution in [1.29, 1.82) is 0 Å². The number of non-ortho nitro benzene ring substituents is 1. The number of esters is 2. The SMILES string of the molecule is CCOC(=O)C1=C(C)NC(c2ccccc2)=C(C(=O)OCc2cccc([N+](=O)[O-])c2)[C@H]1C#Cc1ccccc1. The summed E-state index contributed by atoms with van der Waals surface area (Å²) >= 11 is 0. The quantitative estimate of drug-likeness (QED) is 0.198. The molecule has 4 rings (SSSR count). The summed E-state index contributed by atoms with van der Waals surface area (Å²) in [5.74, 6) is 3.92. The molecule has 0 amide bonds. The molecule has 39 heavy (non-hydrogen) atoms. The van der Waals surface area contributed by atoms with Gasteiger partial charge in [0, 0.05) is 23.4 Å². The molecule has 196 valence electrons. The van der Waals surface area contributed by atoms with E-state index in [1.165, 1.54) is 18.2 Å². The molecular weight excluding hydrogens is 496 g/mol. The molecule has 1 aliphatic heterocycles. The summed E-state index contributed by atoms with van der Waals surface area (Å²) in [7, 11) is 0. The number of nitro groups is 1. The van der Waals surface area contributed by atoms with Crippen LogP contribution in [0.5, 0.6) is 0 Å². The average molecular weight is 523 g/mol. The Morgan fingerprint density at radius 3 is 2.26 bits per heavy atom. The van der Waals surface area contributed by atoms with Crippen molar-refractivity contribution in [2.75, 3.05) is 6.61 Å². The molecule has 1 heterocycles. The maximum Gasteiger partial charge on any atom is 0.338 e. The average Bonchev–Trinajstić information content (AvgIpc) is 2.95. The molecule has 8 nitrogen and oxygen atoms in total. The Hall–Kier alpha value is -5.16. The van der Waals surface area contributed by atoms with E-state index in [1.807, 2.05) is 60.7 Å². The van der Waals surface area contributed by atoms with Crippen molar-refractivity contribution < 1.29 is 24.0 Å². The lowest BCUT2D eigenvalue weighted by Crippen LogP contribution is -2.33. The molecule has 0 aromatic heterocycles. The lowest BCUT2D eigenvalue weighted by Gasteiger charge is -2.29. The van der Waals surface area contributed by atoms with Crippen LogP contribution < -0.4 is 5.32 Å². The number of dihydropyridines is 1. The zero-order chi connectivity index (χ0) is 27.8. The topological polar surface area (TPSA) is 108 Å². The number of hydrogen-bond acceptors (Lipinski definition) is 7. The van der Waals surface area contributed by atoms with Gasteiger partial charge in [-0.3, -0.25) is 10.1 Å². The highest BCUT2D eigenvalue weighted by molar-refractivity contribution is 6.04. The van der Waals surface area contributed by atoms with Gasteiger partial charge in [-0.2, -0.15) is 0 Å². The van der Waals surface area contributed by atoms with Gasteiger partial charge < -0.3 is 14.8 Å². The van der Waals surface area contributed by atoms with Gasteiger partial charge in [0.2, 0.25) is 0 Å². The normalized spacial score (nSPS) is 14.6. The van der Waals surface area contributed by atoms with Crippen molar-refractivity contribution in [3.05, 3.63) is 129 Å². The van der Waals surface area contributed by atoms with Crippen LogP contribution in [0.15, 0.2) is 102 Å². The third-order valence-corrected chi connectivity index (χ3v) is 5.97. The predicted octanol–water partition coefficient (Wildman–Crippen LogP) is 5.16. The van der Waals surface area contributed by atoms with Crippen molar-refractivity contribution >= 4 is 23.3 Å². The van der Waals surface area contributed by atoms with Gasteiger partial charge in [-0.05, 0) is 37.1 Å². The zero-order valence-corrected chi connectivity index (χ0v) is 21.5. The van der Waals surface area contributed by atoms with E-state index in [0.717, 1.165) is 0 Å². The Morgan fingerprint density at radius 1 is 0.923 bits per heavy atom. The molecule has 1 aliphatic rings. The molecule has 0 fully saturated rings. The van der Waals surface area contributed by atoms with Gasteiger partial charge in [0.25, 0.3) is 5.69 Å². The van der Waals surface area contributed by atoms with Crippen LogP contribution in [0.4, 0.5) is 5.69 Å². The monoisotopic (exact) mass is 522 g/mol. The molecule has 0 saturated carbocycles. The third-order valence-electron chi connectivity index (χ3n) is 5.97. The molecule has 0 spiro atoms. The van der Waals surface area contributed by atoms with E-state index in [0.29, 0.717) is 28.1 Å². The Labute approximate surface area is 226 Å². The number of ether oxygens (including phenoxy) is 2. The number of rotatable bonds is 7. The molecule has 1 N–H and O–H groups in total. The first-order valence-electron chi connectivity index (χ1n) is 12.3. The molecule has 8 heteroatoms. The van der Waals surface area contributed by atoms with Gasteiger partial charge >= 0.3 is 11.9 Å². The van der Waals surface area contributed by atoms with Crippen molar-refractivity contribution in [3.8, 4) is 11.8 Å². The molecule has 1 atom stereocenters. The van der Waals surface area contributed by atoms with Gasteiger partial charge in [0.15, 0.2) is 0 Å². The summed E-state index contributed by atoms with van der Waals surface area (Å²) in [4.78, 5) is 37.5. The summed E-state index contributed by atoms with van der Waals surface area (Å²) in [6.45, 7) is 3.38. The van der Waals surface area contributed by atoms with E-state index < -0.39 is 22.8 Å². The molecular formula is C31H26N2O6. The van der Waals surface area contributed by atoms with Crippen LogP contribution in [-0.4, -0.2) is 23.5 Å². The van der Waals surface area contributed by atoms with Crippen molar-refractivity contribution in [3.63, 3.8) is 0 Å². The van der Waals surface area contributed by atoms with Crippen LogP contribution in [0.1, 0.15) is 30.5 Å². The highest BCUT2D eigenvalue weighted by Gasteiger charge is 2.37. The molecule has 0 saturated heterocycles.